The third-order valence-corrected chi connectivity index (χ3v) is 2.44. The van der Waals surface area contributed by atoms with Gasteiger partial charge in [0.1, 0.15) is 11.8 Å². The molecule has 6 nitrogen and oxygen atoms in total. The fourth-order valence-corrected chi connectivity index (χ4v) is 1.50. The van der Waals surface area contributed by atoms with E-state index in [2.05, 4.69) is 15.1 Å². The molecule has 0 fully saturated rings. The highest BCUT2D eigenvalue weighted by molar-refractivity contribution is 6.32. The molecule has 0 unspecified atom stereocenters. The van der Waals surface area contributed by atoms with Gasteiger partial charge in [0.2, 0.25) is 5.82 Å². The maximum atomic E-state index is 9.62. The monoisotopic (exact) mass is 254 g/mol. The third kappa shape index (κ3) is 2.60. The molecule has 2 aromatic rings. The molecule has 0 bridgehead atoms. The largest absolute Gasteiger partial charge is 0.383 e. The van der Waals surface area contributed by atoms with Crippen molar-refractivity contribution < 1.29 is 9.63 Å². The Bertz CT molecular complexity index is 503. The molecule has 90 valence electrons. The van der Waals surface area contributed by atoms with E-state index in [1.54, 1.807) is 18.3 Å². The van der Waals surface area contributed by atoms with Gasteiger partial charge in [0.05, 0.1) is 5.02 Å². The van der Waals surface area contributed by atoms with Gasteiger partial charge >= 0.3 is 0 Å². The number of rotatable bonds is 4. The van der Waals surface area contributed by atoms with E-state index in [1.165, 1.54) is 0 Å². The predicted molar refractivity (Wildman–Crippen MR) is 61.2 cm³/mol. The summed E-state index contributed by atoms with van der Waals surface area (Å²) < 4.78 is 4.92. The van der Waals surface area contributed by atoms with Crippen LogP contribution in [0.1, 0.15) is 18.4 Å². The molecule has 3 N–H and O–H groups in total. The fraction of sp³-hybridized carbons (Fsp3) is 0.300. The van der Waals surface area contributed by atoms with Crippen LogP contribution in [0.2, 0.25) is 5.02 Å². The zero-order valence-corrected chi connectivity index (χ0v) is 9.63. The van der Waals surface area contributed by atoms with Crippen LogP contribution >= 0.6 is 11.6 Å². The quantitative estimate of drug-likeness (QED) is 0.850. The number of aliphatic hydroxyl groups is 1. The smallest absolute Gasteiger partial charge is 0.255 e. The highest BCUT2D eigenvalue weighted by Crippen LogP contribution is 2.24. The summed E-state index contributed by atoms with van der Waals surface area (Å²) in [6.45, 7) is 0.337. The highest BCUT2D eigenvalue weighted by atomic mass is 35.5. The molecule has 7 heteroatoms. The first kappa shape index (κ1) is 12.0. The van der Waals surface area contributed by atoms with E-state index in [0.717, 1.165) is 0 Å². The standard InChI is InChI=1S/C10H11ClN4O2/c11-6-2-1-5-13-8(6)9-14-10(17-15-9)7(16)3-4-12/h1-2,5,7,16H,3-4,12H2/t7-/m0/s1. The van der Waals surface area contributed by atoms with E-state index >= 15 is 0 Å². The summed E-state index contributed by atoms with van der Waals surface area (Å²) in [5, 5.41) is 13.8. The van der Waals surface area contributed by atoms with Crippen LogP contribution in [-0.2, 0) is 0 Å². The Morgan fingerprint density at radius 2 is 2.35 bits per heavy atom. The first-order chi connectivity index (χ1) is 8.22. The van der Waals surface area contributed by atoms with Gasteiger partial charge in [0, 0.05) is 6.20 Å². The van der Waals surface area contributed by atoms with Crippen LogP contribution in [0.25, 0.3) is 11.5 Å². The zero-order valence-electron chi connectivity index (χ0n) is 8.88. The molecule has 2 heterocycles. The van der Waals surface area contributed by atoms with Crippen molar-refractivity contribution >= 4 is 11.6 Å². The minimum atomic E-state index is -0.858. The maximum Gasteiger partial charge on any atom is 0.255 e. The van der Waals surface area contributed by atoms with E-state index in [4.69, 9.17) is 21.9 Å². The van der Waals surface area contributed by atoms with Crippen LogP contribution in [0, 0.1) is 0 Å². The molecule has 0 saturated heterocycles. The van der Waals surface area contributed by atoms with Crippen LogP contribution < -0.4 is 5.73 Å². The Hall–Kier alpha value is -1.50. The molecule has 0 aliphatic heterocycles. The minimum Gasteiger partial charge on any atom is -0.383 e. The molecule has 17 heavy (non-hydrogen) atoms. The number of nitrogens with two attached hydrogens (primary N) is 1. The second-order valence-electron chi connectivity index (χ2n) is 3.38. The van der Waals surface area contributed by atoms with Gasteiger partial charge in [-0.1, -0.05) is 16.8 Å². The first-order valence-electron chi connectivity index (χ1n) is 5.05. The molecule has 2 aromatic heterocycles. The second-order valence-corrected chi connectivity index (χ2v) is 3.79. The maximum absolute atomic E-state index is 9.62. The minimum absolute atomic E-state index is 0.118. The lowest BCUT2D eigenvalue weighted by atomic mass is 10.2. The van der Waals surface area contributed by atoms with Crippen molar-refractivity contribution in [2.45, 2.75) is 12.5 Å². The molecule has 0 aliphatic rings. The normalized spacial score (nSPS) is 12.6. The summed E-state index contributed by atoms with van der Waals surface area (Å²) in [5.74, 6) is 0.369. The lowest BCUT2D eigenvalue weighted by molar-refractivity contribution is 0.127. The lowest BCUT2D eigenvalue weighted by Crippen LogP contribution is -2.06. The van der Waals surface area contributed by atoms with Crippen molar-refractivity contribution in [3.63, 3.8) is 0 Å². The predicted octanol–water partition coefficient (Wildman–Crippen LogP) is 1.17. The molecule has 0 aromatic carbocycles. The van der Waals surface area contributed by atoms with Crippen molar-refractivity contribution in [2.75, 3.05) is 6.54 Å². The van der Waals surface area contributed by atoms with Crippen molar-refractivity contribution in [2.24, 2.45) is 5.73 Å². The SMILES string of the molecule is NCC[C@H](O)c1nc(-c2ncccc2Cl)no1. The molecular formula is C10H11ClN4O2. The Balaban J connectivity index is 2.27. The summed E-state index contributed by atoms with van der Waals surface area (Å²) in [6.07, 6.45) is 1.08. The van der Waals surface area contributed by atoms with Crippen LogP contribution in [0.15, 0.2) is 22.9 Å². The molecule has 0 saturated carbocycles. The lowest BCUT2D eigenvalue weighted by Gasteiger charge is -2.01. The molecule has 0 aliphatic carbocycles. The molecular weight excluding hydrogens is 244 g/mol. The molecule has 0 radical (unpaired) electrons. The number of nitrogens with zero attached hydrogens (tertiary/aromatic N) is 3. The number of aromatic nitrogens is 3. The van der Waals surface area contributed by atoms with Crippen molar-refractivity contribution in [3.8, 4) is 11.5 Å². The summed E-state index contributed by atoms with van der Waals surface area (Å²) in [5.41, 5.74) is 5.75. The summed E-state index contributed by atoms with van der Waals surface area (Å²) >= 11 is 5.94. The van der Waals surface area contributed by atoms with Gasteiger partial charge in [-0.2, -0.15) is 4.98 Å². The Morgan fingerprint density at radius 1 is 1.53 bits per heavy atom. The summed E-state index contributed by atoms with van der Waals surface area (Å²) in [7, 11) is 0. The topological polar surface area (TPSA) is 98.1 Å². The van der Waals surface area contributed by atoms with E-state index in [9.17, 15) is 5.11 Å². The van der Waals surface area contributed by atoms with E-state index < -0.39 is 6.10 Å². The Morgan fingerprint density at radius 3 is 3.06 bits per heavy atom. The van der Waals surface area contributed by atoms with Gasteiger partial charge < -0.3 is 15.4 Å². The van der Waals surface area contributed by atoms with Gasteiger partial charge in [-0.25, -0.2) is 0 Å². The Labute approximate surface area is 102 Å². The van der Waals surface area contributed by atoms with Crippen molar-refractivity contribution in [1.29, 1.82) is 0 Å². The van der Waals surface area contributed by atoms with E-state index in [0.29, 0.717) is 23.7 Å². The molecule has 0 amide bonds. The average Bonchev–Trinajstić information content (AvgIpc) is 2.79. The number of hydrogen-bond acceptors (Lipinski definition) is 6. The fourth-order valence-electron chi connectivity index (χ4n) is 1.30. The van der Waals surface area contributed by atoms with Crippen LogP contribution in [-0.4, -0.2) is 26.8 Å². The van der Waals surface area contributed by atoms with Crippen LogP contribution in [0.4, 0.5) is 0 Å². The first-order valence-corrected chi connectivity index (χ1v) is 5.42. The molecule has 2 rings (SSSR count). The summed E-state index contributed by atoms with van der Waals surface area (Å²) in [6, 6.07) is 3.38. The molecule has 0 spiro atoms. The number of halogens is 1. The van der Waals surface area contributed by atoms with Crippen LogP contribution in [0.5, 0.6) is 0 Å². The number of hydrogen-bond donors (Lipinski definition) is 2. The third-order valence-electron chi connectivity index (χ3n) is 2.14. The van der Waals surface area contributed by atoms with Gasteiger partial charge in [0.25, 0.3) is 5.89 Å². The molecule has 1 atom stereocenters. The van der Waals surface area contributed by atoms with Crippen molar-refractivity contribution in [3.05, 3.63) is 29.2 Å². The Kier molecular flexibility index (Phi) is 3.68. The second kappa shape index (κ2) is 5.22. The van der Waals surface area contributed by atoms with Crippen molar-refractivity contribution in [1.82, 2.24) is 15.1 Å². The van der Waals surface area contributed by atoms with Crippen LogP contribution in [0.3, 0.4) is 0 Å². The van der Waals surface area contributed by atoms with E-state index in [-0.39, 0.29) is 11.7 Å². The van der Waals surface area contributed by atoms with Gasteiger partial charge in [-0.15, -0.1) is 0 Å². The van der Waals surface area contributed by atoms with Gasteiger partial charge in [-0.3, -0.25) is 4.98 Å². The summed E-state index contributed by atoms with van der Waals surface area (Å²) in [4.78, 5) is 8.07. The van der Waals surface area contributed by atoms with E-state index in [1.807, 2.05) is 0 Å². The number of pyridine rings is 1. The van der Waals surface area contributed by atoms with Gasteiger partial charge in [0.15, 0.2) is 0 Å². The zero-order chi connectivity index (χ0) is 12.3. The van der Waals surface area contributed by atoms with Gasteiger partial charge in [-0.05, 0) is 25.1 Å². The average molecular weight is 255 g/mol. The highest BCUT2D eigenvalue weighted by Gasteiger charge is 2.18. The number of aliphatic hydroxyl groups excluding tert-OH is 1.